The molecule has 4 fully saturated rings. The second-order valence-electron chi connectivity index (χ2n) is 12.6. The number of rotatable bonds is 6. The molecular weight excluding hydrogens is 500 g/mol. The average Bonchev–Trinajstić information content (AvgIpc) is 2.96. The van der Waals surface area contributed by atoms with Gasteiger partial charge < -0.3 is 14.5 Å². The highest BCUT2D eigenvalue weighted by molar-refractivity contribution is 5.97. The van der Waals surface area contributed by atoms with E-state index in [2.05, 4.69) is 11.0 Å². The monoisotopic (exact) mass is 546 g/mol. The van der Waals surface area contributed by atoms with Gasteiger partial charge in [-0.25, -0.2) is 4.79 Å². The Bertz CT molecular complexity index is 1100. The van der Waals surface area contributed by atoms with Gasteiger partial charge in [0.1, 0.15) is 5.60 Å². The Balaban J connectivity index is 1.18. The molecule has 1 aliphatic carbocycles. The fourth-order valence-corrected chi connectivity index (χ4v) is 7.76. The molecule has 7 nitrogen and oxygen atoms in total. The third-order valence-electron chi connectivity index (χ3n) is 10.2. The standard InChI is InChI=1S/C33H46N4O3/c1-25-9-8-10-26(2)30(25)31(38)36-19-14-29(15-20-36)35-21-16-33(17-22-35)28(13-6-7-18-34)24-37(32(39)40-33)23-27-11-4-3-5-12-27/h6-10,27-29H,3-5,11-17,19-24H2,1-2H3/b7-6+. The van der Waals surface area contributed by atoms with E-state index in [4.69, 9.17) is 10.00 Å². The number of nitriles is 1. The van der Waals surface area contributed by atoms with Crippen LogP contribution in [0.2, 0.25) is 0 Å². The van der Waals surface area contributed by atoms with E-state index in [-0.39, 0.29) is 17.9 Å². The highest BCUT2D eigenvalue weighted by Gasteiger charge is 2.50. The number of ether oxygens (including phenoxy) is 1. The summed E-state index contributed by atoms with van der Waals surface area (Å²) >= 11 is 0. The molecule has 3 aliphatic heterocycles. The Hall–Kier alpha value is -2.85. The number of likely N-dealkylation sites (tertiary alicyclic amines) is 2. The second kappa shape index (κ2) is 12.8. The molecule has 0 radical (unpaired) electrons. The van der Waals surface area contributed by atoms with Crippen molar-refractivity contribution in [1.29, 1.82) is 5.26 Å². The fourth-order valence-electron chi connectivity index (χ4n) is 7.76. The number of piperidine rings is 2. The molecule has 0 bridgehead atoms. The van der Waals surface area contributed by atoms with Crippen molar-refractivity contribution in [3.63, 3.8) is 0 Å². The van der Waals surface area contributed by atoms with Crippen LogP contribution in [-0.4, -0.2) is 77.6 Å². The van der Waals surface area contributed by atoms with E-state index in [1.807, 2.05) is 47.9 Å². The van der Waals surface area contributed by atoms with Crippen molar-refractivity contribution >= 4 is 12.0 Å². The van der Waals surface area contributed by atoms with Crippen LogP contribution in [0.1, 0.15) is 85.7 Å². The first kappa shape index (κ1) is 28.7. The summed E-state index contributed by atoms with van der Waals surface area (Å²) in [5.41, 5.74) is 2.50. The third kappa shape index (κ3) is 6.22. The molecule has 2 amide bonds. The summed E-state index contributed by atoms with van der Waals surface area (Å²) in [7, 11) is 0. The molecule has 0 N–H and O–H groups in total. The molecule has 1 saturated carbocycles. The van der Waals surface area contributed by atoms with Gasteiger partial charge in [-0.05, 0) is 63.0 Å². The van der Waals surface area contributed by atoms with Crippen LogP contribution in [0, 0.1) is 37.0 Å². The van der Waals surface area contributed by atoms with Crippen LogP contribution in [0.4, 0.5) is 4.79 Å². The van der Waals surface area contributed by atoms with Crippen molar-refractivity contribution in [1.82, 2.24) is 14.7 Å². The minimum Gasteiger partial charge on any atom is -0.442 e. The molecule has 1 aromatic carbocycles. The van der Waals surface area contributed by atoms with E-state index in [9.17, 15) is 9.59 Å². The number of amides is 2. The first-order valence-electron chi connectivity index (χ1n) is 15.5. The van der Waals surface area contributed by atoms with Gasteiger partial charge in [-0.2, -0.15) is 5.26 Å². The van der Waals surface area contributed by atoms with Crippen LogP contribution in [0.5, 0.6) is 0 Å². The van der Waals surface area contributed by atoms with E-state index in [0.29, 0.717) is 12.0 Å². The first-order chi connectivity index (χ1) is 19.4. The molecule has 1 atom stereocenters. The number of allylic oxidation sites excluding steroid dienone is 2. The number of hydrogen-bond donors (Lipinski definition) is 0. The summed E-state index contributed by atoms with van der Waals surface area (Å²) in [6.45, 7) is 8.95. The summed E-state index contributed by atoms with van der Waals surface area (Å²) < 4.78 is 6.36. The summed E-state index contributed by atoms with van der Waals surface area (Å²) in [6.07, 6.45) is 14.0. The molecule has 7 heteroatoms. The van der Waals surface area contributed by atoms with Crippen LogP contribution in [0.15, 0.2) is 30.4 Å². The van der Waals surface area contributed by atoms with Crippen molar-refractivity contribution in [2.45, 2.75) is 89.7 Å². The second-order valence-corrected chi connectivity index (χ2v) is 12.6. The average molecular weight is 547 g/mol. The Morgan fingerprint density at radius 1 is 1.05 bits per heavy atom. The fraction of sp³-hybridized carbons (Fsp3) is 0.667. The van der Waals surface area contributed by atoms with Gasteiger partial charge in [0.25, 0.3) is 5.91 Å². The number of nitrogens with zero attached hydrogens (tertiary/aromatic N) is 4. The molecule has 3 heterocycles. The van der Waals surface area contributed by atoms with Crippen molar-refractivity contribution in [2.24, 2.45) is 11.8 Å². The van der Waals surface area contributed by atoms with Crippen molar-refractivity contribution in [3.05, 3.63) is 47.0 Å². The van der Waals surface area contributed by atoms with E-state index in [1.165, 1.54) is 32.1 Å². The maximum absolute atomic E-state index is 13.3. The molecule has 1 unspecified atom stereocenters. The molecule has 4 aliphatic rings. The topological polar surface area (TPSA) is 76.9 Å². The van der Waals surface area contributed by atoms with E-state index >= 15 is 0 Å². The number of hydrogen-bond acceptors (Lipinski definition) is 5. The van der Waals surface area contributed by atoms with Gasteiger partial charge in [-0.3, -0.25) is 9.69 Å². The van der Waals surface area contributed by atoms with Gasteiger partial charge in [0.2, 0.25) is 0 Å². The zero-order valence-electron chi connectivity index (χ0n) is 24.4. The lowest BCUT2D eigenvalue weighted by Gasteiger charge is -2.52. The Kier molecular flexibility index (Phi) is 9.15. The predicted molar refractivity (Wildman–Crippen MR) is 156 cm³/mol. The molecular formula is C33H46N4O3. The normalized spacial score (nSPS) is 24.8. The third-order valence-corrected chi connectivity index (χ3v) is 10.2. The molecule has 5 rings (SSSR count). The molecule has 3 saturated heterocycles. The van der Waals surface area contributed by atoms with Gasteiger partial charge in [0.15, 0.2) is 0 Å². The van der Waals surface area contributed by atoms with E-state index < -0.39 is 5.60 Å². The summed E-state index contributed by atoms with van der Waals surface area (Å²) in [5.74, 6) is 0.948. The number of carbonyl (C=O) groups is 2. The Labute approximate surface area is 240 Å². The summed E-state index contributed by atoms with van der Waals surface area (Å²) in [6, 6.07) is 8.64. The van der Waals surface area contributed by atoms with Gasteiger partial charge in [0.05, 0.1) is 6.07 Å². The number of carbonyl (C=O) groups excluding carboxylic acids is 2. The van der Waals surface area contributed by atoms with Gasteiger partial charge in [-0.1, -0.05) is 43.5 Å². The maximum Gasteiger partial charge on any atom is 0.410 e. The SMILES string of the molecule is Cc1cccc(C)c1C(=O)N1CCC(N2CCC3(CC2)OC(=O)N(CC2CCCCC2)CC3C/C=C/C#N)CC1. The van der Waals surface area contributed by atoms with Gasteiger partial charge >= 0.3 is 6.09 Å². The number of benzene rings is 1. The lowest BCUT2D eigenvalue weighted by atomic mass is 9.75. The van der Waals surface area contributed by atoms with Crippen LogP contribution in [-0.2, 0) is 4.74 Å². The molecule has 1 aromatic rings. The lowest BCUT2D eigenvalue weighted by molar-refractivity contribution is -0.124. The number of aryl methyl sites for hydroxylation is 2. The van der Waals surface area contributed by atoms with Gasteiger partial charge in [0, 0.05) is 75.7 Å². The van der Waals surface area contributed by atoms with E-state index in [0.717, 1.165) is 88.1 Å². The van der Waals surface area contributed by atoms with Crippen LogP contribution < -0.4 is 0 Å². The highest BCUT2D eigenvalue weighted by Crippen LogP contribution is 2.42. The van der Waals surface area contributed by atoms with Crippen LogP contribution >= 0.6 is 0 Å². The van der Waals surface area contributed by atoms with E-state index in [1.54, 1.807) is 6.08 Å². The molecule has 0 aromatic heterocycles. The quantitative estimate of drug-likeness (QED) is 0.418. The van der Waals surface area contributed by atoms with Gasteiger partial charge in [-0.15, -0.1) is 0 Å². The maximum atomic E-state index is 13.3. The smallest absolute Gasteiger partial charge is 0.410 e. The summed E-state index contributed by atoms with van der Waals surface area (Å²) in [4.78, 5) is 33.1. The zero-order chi connectivity index (χ0) is 28.1. The van der Waals surface area contributed by atoms with Crippen molar-refractivity contribution < 1.29 is 14.3 Å². The first-order valence-corrected chi connectivity index (χ1v) is 15.5. The molecule has 40 heavy (non-hydrogen) atoms. The summed E-state index contributed by atoms with van der Waals surface area (Å²) in [5, 5.41) is 9.07. The predicted octanol–water partition coefficient (Wildman–Crippen LogP) is 5.86. The molecule has 216 valence electrons. The van der Waals surface area contributed by atoms with Crippen molar-refractivity contribution in [2.75, 3.05) is 39.3 Å². The van der Waals surface area contributed by atoms with Crippen LogP contribution in [0.25, 0.3) is 0 Å². The zero-order valence-corrected chi connectivity index (χ0v) is 24.4. The largest absolute Gasteiger partial charge is 0.442 e. The minimum absolute atomic E-state index is 0.141. The van der Waals surface area contributed by atoms with Crippen LogP contribution in [0.3, 0.4) is 0 Å². The Morgan fingerprint density at radius 3 is 2.38 bits per heavy atom. The minimum atomic E-state index is -0.449. The Morgan fingerprint density at radius 2 is 1.73 bits per heavy atom. The molecule has 1 spiro atoms. The van der Waals surface area contributed by atoms with Crippen molar-refractivity contribution in [3.8, 4) is 6.07 Å². The highest BCUT2D eigenvalue weighted by atomic mass is 16.6. The lowest BCUT2D eigenvalue weighted by Crippen LogP contribution is -2.61.